The van der Waals surface area contributed by atoms with Gasteiger partial charge in [-0.2, -0.15) is 0 Å². The first-order valence-corrected chi connectivity index (χ1v) is 6.67. The average Bonchev–Trinajstić information content (AvgIpc) is 2.33. The third-order valence-corrected chi connectivity index (χ3v) is 3.13. The molecule has 0 saturated carbocycles. The third kappa shape index (κ3) is 4.48. The highest BCUT2D eigenvalue weighted by molar-refractivity contribution is 6.33. The van der Waals surface area contributed by atoms with E-state index in [-0.39, 0.29) is 22.5 Å². The summed E-state index contributed by atoms with van der Waals surface area (Å²) in [4.78, 5) is 12.1. The zero-order valence-electron chi connectivity index (χ0n) is 11.4. The lowest BCUT2D eigenvalue weighted by molar-refractivity contribution is 0.0803. The molecule has 0 bridgehead atoms. The summed E-state index contributed by atoms with van der Waals surface area (Å²) in [6.07, 6.45) is 0. The summed E-state index contributed by atoms with van der Waals surface area (Å²) in [5.74, 6) is -0.952. The van der Waals surface area contributed by atoms with Gasteiger partial charge in [-0.15, -0.1) is 0 Å². The summed E-state index contributed by atoms with van der Waals surface area (Å²) in [7, 11) is 0. The SMILES string of the molecule is CCOCC(NC(=O)c1c(F)cccc1Cl)C(C)C. The molecule has 0 radical (unpaired) electrons. The molecule has 0 aliphatic heterocycles. The lowest BCUT2D eigenvalue weighted by atomic mass is 10.0. The van der Waals surface area contributed by atoms with Crippen molar-refractivity contribution in [3.63, 3.8) is 0 Å². The molecule has 1 aromatic carbocycles. The van der Waals surface area contributed by atoms with E-state index < -0.39 is 11.7 Å². The number of hydrogen-bond acceptors (Lipinski definition) is 2. The standard InChI is InChI=1S/C14H19ClFNO2/c1-4-19-8-12(9(2)3)17-14(18)13-10(15)6-5-7-11(13)16/h5-7,9,12H,4,8H2,1-3H3,(H,17,18). The molecule has 0 aromatic heterocycles. The number of benzene rings is 1. The summed E-state index contributed by atoms with van der Waals surface area (Å²) < 4.78 is 18.9. The van der Waals surface area contributed by atoms with Crippen molar-refractivity contribution in [2.24, 2.45) is 5.92 Å². The van der Waals surface area contributed by atoms with Gasteiger partial charge in [-0.05, 0) is 25.0 Å². The Balaban J connectivity index is 2.82. The first-order valence-electron chi connectivity index (χ1n) is 6.30. The predicted octanol–water partition coefficient (Wildman–Crippen LogP) is 3.27. The van der Waals surface area contributed by atoms with Gasteiger partial charge in [0, 0.05) is 6.61 Å². The van der Waals surface area contributed by atoms with Crippen molar-refractivity contribution in [2.75, 3.05) is 13.2 Å². The summed E-state index contributed by atoms with van der Waals surface area (Å²) in [5, 5.41) is 2.87. The molecule has 3 nitrogen and oxygen atoms in total. The second kappa shape index (κ2) is 7.46. The molecule has 1 aromatic rings. The van der Waals surface area contributed by atoms with Crippen LogP contribution < -0.4 is 5.32 Å². The Morgan fingerprint density at radius 1 is 1.47 bits per heavy atom. The van der Waals surface area contributed by atoms with E-state index in [9.17, 15) is 9.18 Å². The summed E-state index contributed by atoms with van der Waals surface area (Å²) in [5.41, 5.74) is -0.119. The number of nitrogens with one attached hydrogen (secondary N) is 1. The fourth-order valence-electron chi connectivity index (χ4n) is 1.60. The number of amides is 1. The minimum atomic E-state index is -0.621. The van der Waals surface area contributed by atoms with E-state index in [2.05, 4.69) is 5.32 Å². The van der Waals surface area contributed by atoms with Crippen LogP contribution in [0, 0.1) is 11.7 Å². The molecule has 0 heterocycles. The molecule has 0 fully saturated rings. The number of halogens is 2. The molecule has 5 heteroatoms. The molecular weight excluding hydrogens is 269 g/mol. The van der Waals surface area contributed by atoms with Crippen molar-refractivity contribution in [1.82, 2.24) is 5.32 Å². The van der Waals surface area contributed by atoms with Crippen molar-refractivity contribution >= 4 is 17.5 Å². The average molecular weight is 288 g/mol. The lowest BCUT2D eigenvalue weighted by Crippen LogP contribution is -2.42. The van der Waals surface area contributed by atoms with Gasteiger partial charge in [0.05, 0.1) is 23.2 Å². The number of carbonyl (C=O) groups is 1. The van der Waals surface area contributed by atoms with Gasteiger partial charge in [0.2, 0.25) is 0 Å². The number of hydrogen-bond donors (Lipinski definition) is 1. The highest BCUT2D eigenvalue weighted by Gasteiger charge is 2.21. The normalized spacial score (nSPS) is 12.5. The minimum Gasteiger partial charge on any atom is -0.380 e. The van der Waals surface area contributed by atoms with E-state index in [1.807, 2.05) is 20.8 Å². The molecule has 1 N–H and O–H groups in total. The Morgan fingerprint density at radius 3 is 2.68 bits per heavy atom. The van der Waals surface area contributed by atoms with Crippen LogP contribution in [0.5, 0.6) is 0 Å². The molecule has 1 atom stereocenters. The van der Waals surface area contributed by atoms with Crippen LogP contribution in [0.1, 0.15) is 31.1 Å². The fourth-order valence-corrected chi connectivity index (χ4v) is 1.85. The van der Waals surface area contributed by atoms with Crippen LogP contribution in [0.4, 0.5) is 4.39 Å². The van der Waals surface area contributed by atoms with Crippen LogP contribution in [-0.2, 0) is 4.74 Å². The Bertz CT molecular complexity index is 417. The van der Waals surface area contributed by atoms with Gasteiger partial charge in [0.15, 0.2) is 0 Å². The Morgan fingerprint density at radius 2 is 2.16 bits per heavy atom. The van der Waals surface area contributed by atoms with Gasteiger partial charge in [0.25, 0.3) is 5.91 Å². The van der Waals surface area contributed by atoms with E-state index in [4.69, 9.17) is 16.3 Å². The van der Waals surface area contributed by atoms with Crippen molar-refractivity contribution in [2.45, 2.75) is 26.8 Å². The summed E-state index contributed by atoms with van der Waals surface area (Å²) in [6.45, 7) is 6.78. The first-order chi connectivity index (χ1) is 8.97. The summed E-state index contributed by atoms with van der Waals surface area (Å²) >= 11 is 5.86. The minimum absolute atomic E-state index is 0.108. The van der Waals surface area contributed by atoms with Crippen LogP contribution in [0.2, 0.25) is 5.02 Å². The second-order valence-corrected chi connectivity index (χ2v) is 4.99. The van der Waals surface area contributed by atoms with Gasteiger partial charge in [-0.1, -0.05) is 31.5 Å². The highest BCUT2D eigenvalue weighted by Crippen LogP contribution is 2.19. The number of rotatable bonds is 6. The van der Waals surface area contributed by atoms with Gasteiger partial charge >= 0.3 is 0 Å². The van der Waals surface area contributed by atoms with E-state index in [0.717, 1.165) is 0 Å². The molecule has 1 rings (SSSR count). The fraction of sp³-hybridized carbons (Fsp3) is 0.500. The predicted molar refractivity (Wildman–Crippen MR) is 74.0 cm³/mol. The maximum absolute atomic E-state index is 13.6. The van der Waals surface area contributed by atoms with Gasteiger partial charge < -0.3 is 10.1 Å². The highest BCUT2D eigenvalue weighted by atomic mass is 35.5. The largest absolute Gasteiger partial charge is 0.380 e. The number of ether oxygens (including phenoxy) is 1. The lowest BCUT2D eigenvalue weighted by Gasteiger charge is -2.22. The van der Waals surface area contributed by atoms with Crippen molar-refractivity contribution in [3.05, 3.63) is 34.6 Å². The van der Waals surface area contributed by atoms with E-state index in [1.165, 1.54) is 18.2 Å². The molecule has 106 valence electrons. The van der Waals surface area contributed by atoms with Gasteiger partial charge in [-0.3, -0.25) is 4.79 Å². The van der Waals surface area contributed by atoms with Crippen LogP contribution in [0.15, 0.2) is 18.2 Å². The first kappa shape index (κ1) is 15.9. The number of carbonyl (C=O) groups excluding carboxylic acids is 1. The van der Waals surface area contributed by atoms with E-state index in [1.54, 1.807) is 0 Å². The van der Waals surface area contributed by atoms with Crippen LogP contribution in [-0.4, -0.2) is 25.2 Å². The van der Waals surface area contributed by atoms with Crippen molar-refractivity contribution in [3.8, 4) is 0 Å². The van der Waals surface area contributed by atoms with Gasteiger partial charge in [-0.25, -0.2) is 4.39 Å². The maximum atomic E-state index is 13.6. The quantitative estimate of drug-likeness (QED) is 0.872. The Hall–Kier alpha value is -1.13. The van der Waals surface area contributed by atoms with Crippen LogP contribution in [0.3, 0.4) is 0 Å². The van der Waals surface area contributed by atoms with Gasteiger partial charge in [0.1, 0.15) is 5.82 Å². The van der Waals surface area contributed by atoms with Crippen LogP contribution >= 0.6 is 11.6 Å². The van der Waals surface area contributed by atoms with E-state index in [0.29, 0.717) is 13.2 Å². The monoisotopic (exact) mass is 287 g/mol. The second-order valence-electron chi connectivity index (χ2n) is 4.58. The smallest absolute Gasteiger partial charge is 0.256 e. The Kier molecular flexibility index (Phi) is 6.25. The molecule has 0 saturated heterocycles. The Labute approximate surface area is 118 Å². The van der Waals surface area contributed by atoms with Crippen molar-refractivity contribution in [1.29, 1.82) is 0 Å². The summed E-state index contributed by atoms with van der Waals surface area (Å²) in [6, 6.07) is 4.00. The topological polar surface area (TPSA) is 38.3 Å². The van der Waals surface area contributed by atoms with Crippen LogP contribution in [0.25, 0.3) is 0 Å². The molecule has 1 unspecified atom stereocenters. The third-order valence-electron chi connectivity index (χ3n) is 2.81. The maximum Gasteiger partial charge on any atom is 0.256 e. The molecular formula is C14H19ClFNO2. The molecule has 0 aliphatic carbocycles. The zero-order valence-corrected chi connectivity index (χ0v) is 12.1. The molecule has 0 aliphatic rings. The molecule has 19 heavy (non-hydrogen) atoms. The molecule has 0 spiro atoms. The zero-order chi connectivity index (χ0) is 14.4. The van der Waals surface area contributed by atoms with E-state index >= 15 is 0 Å². The van der Waals surface area contributed by atoms with Crippen molar-refractivity contribution < 1.29 is 13.9 Å². The molecule has 1 amide bonds.